The van der Waals surface area contributed by atoms with Crippen LogP contribution in [0.3, 0.4) is 0 Å². The molecule has 0 N–H and O–H groups in total. The molecular formula is C57H61BN2S. The summed E-state index contributed by atoms with van der Waals surface area (Å²) in [5.41, 5.74) is 21.8. The first kappa shape index (κ1) is 40.0. The van der Waals surface area contributed by atoms with Gasteiger partial charge in [0.05, 0.1) is 11.4 Å². The highest BCUT2D eigenvalue weighted by Gasteiger charge is 2.45. The van der Waals surface area contributed by atoms with Crippen LogP contribution in [0.1, 0.15) is 122 Å². The molecule has 0 spiro atoms. The summed E-state index contributed by atoms with van der Waals surface area (Å²) in [6.07, 6.45) is 7.01. The number of benzene rings is 6. The molecule has 0 amide bonds. The highest BCUT2D eigenvalue weighted by molar-refractivity contribution is 7.33. The Labute approximate surface area is 369 Å². The summed E-state index contributed by atoms with van der Waals surface area (Å²) >= 11 is 2.00. The predicted octanol–water partition coefficient (Wildman–Crippen LogP) is 14.4. The summed E-state index contributed by atoms with van der Waals surface area (Å²) in [6, 6.07) is 45.9. The van der Waals surface area contributed by atoms with Gasteiger partial charge in [-0.2, -0.15) is 0 Å². The van der Waals surface area contributed by atoms with Crippen molar-refractivity contribution in [2.24, 2.45) is 0 Å². The molecule has 0 bridgehead atoms. The fourth-order valence-corrected chi connectivity index (χ4v) is 11.6. The van der Waals surface area contributed by atoms with Crippen molar-refractivity contribution in [3.63, 3.8) is 0 Å². The van der Waals surface area contributed by atoms with Crippen molar-refractivity contribution in [1.82, 2.24) is 0 Å². The van der Waals surface area contributed by atoms with E-state index in [4.69, 9.17) is 0 Å². The van der Waals surface area contributed by atoms with Crippen LogP contribution in [0, 0.1) is 0 Å². The average Bonchev–Trinajstić information content (AvgIpc) is 3.64. The van der Waals surface area contributed by atoms with Crippen LogP contribution >= 0.6 is 11.3 Å². The Balaban J connectivity index is 1.27. The third-order valence-electron chi connectivity index (χ3n) is 14.5. The number of fused-ring (bicyclic) bond motifs is 7. The lowest BCUT2D eigenvalue weighted by Crippen LogP contribution is -2.60. The minimum atomic E-state index is 0.0150. The van der Waals surface area contributed by atoms with Gasteiger partial charge in [-0.25, -0.2) is 0 Å². The highest BCUT2D eigenvalue weighted by atomic mass is 32.1. The lowest BCUT2D eigenvalue weighted by atomic mass is 9.36. The summed E-state index contributed by atoms with van der Waals surface area (Å²) in [5, 5.41) is 1.35. The average molecular weight is 817 g/mol. The van der Waals surface area contributed by atoms with E-state index in [9.17, 15) is 0 Å². The smallest absolute Gasteiger partial charge is 0.264 e. The van der Waals surface area contributed by atoms with Crippen LogP contribution in [0.2, 0.25) is 0 Å². The van der Waals surface area contributed by atoms with E-state index in [0.717, 1.165) is 12.8 Å². The molecule has 1 aromatic heterocycles. The molecule has 4 heteroatoms. The van der Waals surface area contributed by atoms with Crippen molar-refractivity contribution >= 4 is 78.0 Å². The largest absolute Gasteiger partial charge is 0.311 e. The molecule has 1 aliphatic carbocycles. The van der Waals surface area contributed by atoms with Gasteiger partial charge in [0.25, 0.3) is 6.71 Å². The Bertz CT molecular complexity index is 2850. The molecule has 0 atom stereocenters. The van der Waals surface area contributed by atoms with Gasteiger partial charge in [0.15, 0.2) is 0 Å². The molecule has 3 heterocycles. The molecule has 10 rings (SSSR count). The molecule has 61 heavy (non-hydrogen) atoms. The molecular weight excluding hydrogens is 756 g/mol. The number of rotatable bonds is 6. The fourth-order valence-electron chi connectivity index (χ4n) is 10.3. The van der Waals surface area contributed by atoms with Crippen molar-refractivity contribution in [3.8, 4) is 11.1 Å². The molecule has 3 aliphatic rings. The molecule has 6 aromatic carbocycles. The van der Waals surface area contributed by atoms with Crippen LogP contribution in [0.4, 0.5) is 34.1 Å². The van der Waals surface area contributed by atoms with Crippen LogP contribution in [0.5, 0.6) is 0 Å². The lowest BCUT2D eigenvalue weighted by Gasteiger charge is -2.43. The van der Waals surface area contributed by atoms with Gasteiger partial charge >= 0.3 is 0 Å². The van der Waals surface area contributed by atoms with E-state index in [1.165, 1.54) is 130 Å². The third-order valence-corrected chi connectivity index (χ3v) is 15.7. The summed E-state index contributed by atoms with van der Waals surface area (Å²) in [4.78, 5) is 5.25. The zero-order chi connectivity index (χ0) is 42.6. The maximum atomic E-state index is 2.63. The summed E-state index contributed by atoms with van der Waals surface area (Å²) in [6.45, 7) is 23.5. The van der Waals surface area contributed by atoms with Crippen molar-refractivity contribution in [3.05, 3.63) is 149 Å². The Hall–Kier alpha value is -5.06. The molecule has 0 radical (unpaired) electrons. The first-order valence-corrected chi connectivity index (χ1v) is 23.8. The van der Waals surface area contributed by atoms with Crippen LogP contribution in [0.25, 0.3) is 21.2 Å². The fraction of sp³-hybridized carbons (Fsp3) is 0.333. The van der Waals surface area contributed by atoms with E-state index < -0.39 is 0 Å². The summed E-state index contributed by atoms with van der Waals surface area (Å²) in [7, 11) is 0. The number of thiophene rings is 1. The van der Waals surface area contributed by atoms with Crippen molar-refractivity contribution in [2.45, 2.75) is 124 Å². The number of nitrogens with zero attached hydrogens (tertiary/aromatic N) is 2. The Kier molecular flexibility index (Phi) is 9.53. The summed E-state index contributed by atoms with van der Waals surface area (Å²) < 4.78 is 2.79. The maximum absolute atomic E-state index is 2.63. The SMILES string of the molecule is CCc1ccc2c(c1)B1c3sc4ccc(C(C)(C)C)cc4c3N(c3ccc(C(C)(C)CC)cc3)c3cccc(c31)N2c1ccc(C(C)(C)C)cc1-c1ccc2c(c1)CCCC2. The zero-order valence-electron chi connectivity index (χ0n) is 38.1. The van der Waals surface area contributed by atoms with Gasteiger partial charge in [0, 0.05) is 43.2 Å². The van der Waals surface area contributed by atoms with Crippen LogP contribution in [-0.4, -0.2) is 6.71 Å². The molecule has 0 saturated carbocycles. The molecule has 7 aromatic rings. The van der Waals surface area contributed by atoms with E-state index in [0.29, 0.717) is 0 Å². The monoisotopic (exact) mass is 816 g/mol. The second-order valence-electron chi connectivity index (χ2n) is 20.8. The second-order valence-corrected chi connectivity index (χ2v) is 21.9. The molecule has 0 unspecified atom stereocenters. The lowest BCUT2D eigenvalue weighted by molar-refractivity contribution is 0.506. The van der Waals surface area contributed by atoms with Gasteiger partial charge < -0.3 is 9.80 Å². The van der Waals surface area contributed by atoms with Gasteiger partial charge in [0.2, 0.25) is 0 Å². The number of hydrogen-bond donors (Lipinski definition) is 0. The first-order valence-electron chi connectivity index (χ1n) is 23.0. The Morgan fingerprint density at radius 1 is 0.590 bits per heavy atom. The van der Waals surface area contributed by atoms with Crippen LogP contribution in [0.15, 0.2) is 115 Å². The Morgan fingerprint density at radius 2 is 1.25 bits per heavy atom. The minimum Gasteiger partial charge on any atom is -0.311 e. The van der Waals surface area contributed by atoms with E-state index in [1.54, 1.807) is 0 Å². The van der Waals surface area contributed by atoms with Gasteiger partial charge in [-0.05, 0) is 159 Å². The molecule has 2 aliphatic heterocycles. The van der Waals surface area contributed by atoms with E-state index >= 15 is 0 Å². The van der Waals surface area contributed by atoms with Crippen LogP contribution in [-0.2, 0) is 35.5 Å². The number of hydrogen-bond acceptors (Lipinski definition) is 3. The minimum absolute atomic E-state index is 0.0150. The van der Waals surface area contributed by atoms with Crippen molar-refractivity contribution in [1.29, 1.82) is 0 Å². The molecule has 308 valence electrons. The zero-order valence-corrected chi connectivity index (χ0v) is 38.9. The van der Waals surface area contributed by atoms with Crippen molar-refractivity contribution < 1.29 is 0 Å². The highest BCUT2D eigenvalue weighted by Crippen LogP contribution is 2.50. The van der Waals surface area contributed by atoms with Crippen LogP contribution < -0.4 is 25.5 Å². The van der Waals surface area contributed by atoms with E-state index in [1.807, 2.05) is 11.3 Å². The third kappa shape index (κ3) is 6.58. The van der Waals surface area contributed by atoms with E-state index in [-0.39, 0.29) is 23.0 Å². The maximum Gasteiger partial charge on any atom is 0.264 e. The second kappa shape index (κ2) is 14.5. The van der Waals surface area contributed by atoms with Gasteiger partial charge in [-0.3, -0.25) is 0 Å². The molecule has 0 saturated heterocycles. The normalized spacial score (nSPS) is 14.8. The number of aryl methyl sites for hydroxylation is 3. The van der Waals surface area contributed by atoms with Gasteiger partial charge in [-0.1, -0.05) is 130 Å². The van der Waals surface area contributed by atoms with Crippen molar-refractivity contribution in [2.75, 3.05) is 9.80 Å². The molecule has 2 nitrogen and oxygen atoms in total. The van der Waals surface area contributed by atoms with Gasteiger partial charge in [-0.15, -0.1) is 11.3 Å². The Morgan fingerprint density at radius 3 is 1.95 bits per heavy atom. The topological polar surface area (TPSA) is 6.48 Å². The van der Waals surface area contributed by atoms with E-state index in [2.05, 4.69) is 194 Å². The summed E-state index contributed by atoms with van der Waals surface area (Å²) in [5.74, 6) is 0. The first-order chi connectivity index (χ1) is 29.2. The molecule has 0 fully saturated rings. The number of anilines is 6. The van der Waals surface area contributed by atoms with Gasteiger partial charge in [0.1, 0.15) is 0 Å². The quantitative estimate of drug-likeness (QED) is 0.154. The standard InChI is InChI=1S/C57H61BN2S/c1-11-36-20-29-48-46(32-36)58-52-49(59(43-27-23-40(24-28-43)57(9,10)12-2)53-45-35-42(56(6,7)8)26-31-51(45)61-54(53)58)18-15-19-50(52)60(48)47-30-25-41(55(3,4)5)34-44(47)39-22-21-37-16-13-14-17-38(37)33-39/h15,18-35H,11-14,16-17H2,1-10H3. The predicted molar refractivity (Wildman–Crippen MR) is 268 cm³/mol.